The first-order chi connectivity index (χ1) is 9.65. The highest BCUT2D eigenvalue weighted by molar-refractivity contribution is 7.10. The summed E-state index contributed by atoms with van der Waals surface area (Å²) in [5.74, 6) is 0.0859. The summed E-state index contributed by atoms with van der Waals surface area (Å²) in [5.41, 5.74) is 2.84. The lowest BCUT2D eigenvalue weighted by Crippen LogP contribution is -2.27. The molecule has 3 rings (SSSR count). The highest BCUT2D eigenvalue weighted by atomic mass is 32.1. The van der Waals surface area contributed by atoms with Gasteiger partial charge in [0.1, 0.15) is 0 Å². The molecule has 0 unspecified atom stereocenters. The average Bonchev–Trinajstić information content (AvgIpc) is 3.08. The van der Waals surface area contributed by atoms with Gasteiger partial charge < -0.3 is 9.47 Å². The molecule has 0 aliphatic carbocycles. The Morgan fingerprint density at radius 3 is 3.00 bits per heavy atom. The smallest absolute Gasteiger partial charge is 0.231 e. The fraction of sp³-hybridized carbons (Fsp3) is 0.200. The number of fused-ring (bicyclic) bond motifs is 1. The molecule has 0 saturated carbocycles. The lowest BCUT2D eigenvalue weighted by atomic mass is 10.2. The molecule has 0 N–H and O–H groups in total. The van der Waals surface area contributed by atoms with Crippen LogP contribution < -0.4 is 4.90 Å². The van der Waals surface area contributed by atoms with Gasteiger partial charge in [-0.3, -0.25) is 4.79 Å². The van der Waals surface area contributed by atoms with Gasteiger partial charge in [-0.15, -0.1) is 11.3 Å². The van der Waals surface area contributed by atoms with E-state index in [4.69, 9.17) is 0 Å². The Balaban J connectivity index is 1.84. The third-order valence-electron chi connectivity index (χ3n) is 3.38. The van der Waals surface area contributed by atoms with Crippen molar-refractivity contribution < 1.29 is 4.79 Å². The number of nitrogens with zero attached hydrogens (tertiary/aromatic N) is 3. The van der Waals surface area contributed by atoms with Crippen molar-refractivity contribution in [1.82, 2.24) is 9.55 Å². The lowest BCUT2D eigenvalue weighted by Gasteiger charge is -2.17. The number of aryl methyl sites for hydroxylation is 1. The maximum atomic E-state index is 12.3. The molecule has 0 bridgehead atoms. The van der Waals surface area contributed by atoms with Crippen molar-refractivity contribution in [2.45, 2.75) is 6.42 Å². The van der Waals surface area contributed by atoms with Crippen molar-refractivity contribution in [3.63, 3.8) is 0 Å². The molecular weight excluding hydrogens is 270 g/mol. The van der Waals surface area contributed by atoms with Crippen LogP contribution in [0.3, 0.4) is 0 Å². The van der Waals surface area contributed by atoms with Crippen LogP contribution in [0.25, 0.3) is 11.0 Å². The first-order valence-corrected chi connectivity index (χ1v) is 7.23. The highest BCUT2D eigenvalue weighted by Gasteiger charge is 2.13. The van der Waals surface area contributed by atoms with Gasteiger partial charge in [0.05, 0.1) is 23.8 Å². The monoisotopic (exact) mass is 285 g/mol. The van der Waals surface area contributed by atoms with Crippen LogP contribution in [-0.4, -0.2) is 22.5 Å². The lowest BCUT2D eigenvalue weighted by molar-refractivity contribution is -0.117. The van der Waals surface area contributed by atoms with E-state index < -0.39 is 0 Å². The van der Waals surface area contributed by atoms with Gasteiger partial charge in [0.15, 0.2) is 0 Å². The van der Waals surface area contributed by atoms with E-state index in [-0.39, 0.29) is 5.91 Å². The van der Waals surface area contributed by atoms with Crippen molar-refractivity contribution in [2.24, 2.45) is 7.05 Å². The molecule has 0 aliphatic heterocycles. The van der Waals surface area contributed by atoms with Gasteiger partial charge in [-0.2, -0.15) is 0 Å². The highest BCUT2D eigenvalue weighted by Crippen LogP contribution is 2.21. The molecule has 0 aliphatic rings. The van der Waals surface area contributed by atoms with Crippen LogP contribution in [-0.2, 0) is 18.3 Å². The standard InChI is InChI=1S/C15H15N3OS/c1-17-10-16-13-8-11(5-6-14(13)17)18(2)15(19)9-12-4-3-7-20-12/h3-8,10H,9H2,1-2H3. The predicted octanol–water partition coefficient (Wildman–Crippen LogP) is 2.84. The Labute approximate surface area is 121 Å². The van der Waals surface area contributed by atoms with Crippen LogP contribution >= 0.6 is 11.3 Å². The van der Waals surface area contributed by atoms with E-state index in [1.165, 1.54) is 0 Å². The minimum atomic E-state index is 0.0859. The van der Waals surface area contributed by atoms with Crippen LogP contribution in [0.4, 0.5) is 5.69 Å². The number of carbonyl (C=O) groups is 1. The maximum Gasteiger partial charge on any atom is 0.231 e. The molecule has 102 valence electrons. The summed E-state index contributed by atoms with van der Waals surface area (Å²) in [4.78, 5) is 19.4. The van der Waals surface area contributed by atoms with Gasteiger partial charge in [0.2, 0.25) is 5.91 Å². The third kappa shape index (κ3) is 2.32. The van der Waals surface area contributed by atoms with Crippen LogP contribution in [0.15, 0.2) is 42.0 Å². The molecule has 4 nitrogen and oxygen atoms in total. The summed E-state index contributed by atoms with van der Waals surface area (Å²) >= 11 is 1.61. The number of aromatic nitrogens is 2. The number of amides is 1. The second kappa shape index (κ2) is 5.09. The van der Waals surface area contributed by atoms with Crippen molar-refractivity contribution in [3.05, 3.63) is 46.9 Å². The van der Waals surface area contributed by atoms with Crippen LogP contribution in [0, 0.1) is 0 Å². The fourth-order valence-electron chi connectivity index (χ4n) is 2.16. The normalized spacial score (nSPS) is 10.9. The minimum absolute atomic E-state index is 0.0859. The van der Waals surface area contributed by atoms with Crippen molar-refractivity contribution in [2.75, 3.05) is 11.9 Å². The number of carbonyl (C=O) groups excluding carboxylic acids is 1. The first kappa shape index (κ1) is 12.9. The summed E-state index contributed by atoms with van der Waals surface area (Å²) in [7, 11) is 3.76. The number of thiophene rings is 1. The van der Waals surface area contributed by atoms with E-state index in [2.05, 4.69) is 4.98 Å². The maximum absolute atomic E-state index is 12.3. The van der Waals surface area contributed by atoms with Gasteiger partial charge in [0.25, 0.3) is 0 Å². The number of hydrogen-bond donors (Lipinski definition) is 0. The molecule has 0 spiro atoms. The molecule has 2 heterocycles. The van der Waals surface area contributed by atoms with Crippen molar-refractivity contribution >= 4 is 34.0 Å². The van der Waals surface area contributed by atoms with Crippen LogP contribution in [0.1, 0.15) is 4.88 Å². The largest absolute Gasteiger partial charge is 0.334 e. The zero-order chi connectivity index (χ0) is 14.1. The quantitative estimate of drug-likeness (QED) is 0.742. The van der Waals surface area contributed by atoms with Crippen molar-refractivity contribution in [1.29, 1.82) is 0 Å². The molecule has 0 saturated heterocycles. The number of imidazole rings is 1. The van der Waals surface area contributed by atoms with Gasteiger partial charge in [-0.25, -0.2) is 4.98 Å². The van der Waals surface area contributed by atoms with E-state index in [1.54, 1.807) is 29.6 Å². The average molecular weight is 285 g/mol. The number of likely N-dealkylation sites (N-methyl/N-ethyl adjacent to an activating group) is 1. The summed E-state index contributed by atoms with van der Waals surface area (Å²) in [6, 6.07) is 9.84. The van der Waals surface area contributed by atoms with E-state index in [1.807, 2.05) is 47.3 Å². The number of benzene rings is 1. The summed E-state index contributed by atoms with van der Waals surface area (Å²) in [6.45, 7) is 0. The Morgan fingerprint density at radius 1 is 1.40 bits per heavy atom. The van der Waals surface area contributed by atoms with Crippen LogP contribution in [0.5, 0.6) is 0 Å². The van der Waals surface area contributed by atoms with E-state index in [0.717, 1.165) is 21.6 Å². The Morgan fingerprint density at radius 2 is 2.25 bits per heavy atom. The first-order valence-electron chi connectivity index (χ1n) is 6.35. The predicted molar refractivity (Wildman–Crippen MR) is 82.1 cm³/mol. The molecule has 1 aromatic carbocycles. The van der Waals surface area contributed by atoms with Crippen LogP contribution in [0.2, 0.25) is 0 Å². The Bertz CT molecular complexity index is 746. The van der Waals surface area contributed by atoms with Gasteiger partial charge in [-0.1, -0.05) is 6.07 Å². The number of hydrogen-bond acceptors (Lipinski definition) is 3. The molecule has 0 fully saturated rings. The second-order valence-electron chi connectivity index (χ2n) is 4.74. The van der Waals surface area contributed by atoms with E-state index >= 15 is 0 Å². The Hall–Kier alpha value is -2.14. The molecule has 3 aromatic rings. The van der Waals surface area contributed by atoms with Gasteiger partial charge >= 0.3 is 0 Å². The molecule has 0 radical (unpaired) electrons. The Kier molecular flexibility index (Phi) is 3.28. The second-order valence-corrected chi connectivity index (χ2v) is 5.77. The summed E-state index contributed by atoms with van der Waals surface area (Å²) in [5, 5.41) is 1.99. The molecule has 5 heteroatoms. The fourth-order valence-corrected chi connectivity index (χ4v) is 2.85. The minimum Gasteiger partial charge on any atom is -0.334 e. The topological polar surface area (TPSA) is 38.1 Å². The van der Waals surface area contributed by atoms with E-state index in [0.29, 0.717) is 6.42 Å². The van der Waals surface area contributed by atoms with Gasteiger partial charge in [0, 0.05) is 24.7 Å². The molecule has 1 amide bonds. The van der Waals surface area contributed by atoms with Crippen molar-refractivity contribution in [3.8, 4) is 0 Å². The summed E-state index contributed by atoms with van der Waals surface area (Å²) in [6.07, 6.45) is 2.22. The third-order valence-corrected chi connectivity index (χ3v) is 4.25. The zero-order valence-corrected chi connectivity index (χ0v) is 12.2. The molecular formula is C15H15N3OS. The van der Waals surface area contributed by atoms with Gasteiger partial charge in [-0.05, 0) is 29.6 Å². The van der Waals surface area contributed by atoms with E-state index in [9.17, 15) is 4.79 Å². The molecule has 20 heavy (non-hydrogen) atoms. The SMILES string of the molecule is CN(C(=O)Cc1cccs1)c1ccc2c(c1)ncn2C. The number of rotatable bonds is 3. The summed E-state index contributed by atoms with van der Waals surface area (Å²) < 4.78 is 1.96. The number of anilines is 1. The molecule has 0 atom stereocenters. The molecule has 2 aromatic heterocycles. The zero-order valence-electron chi connectivity index (χ0n) is 11.4.